The fourth-order valence-electron chi connectivity index (χ4n) is 3.88. The zero-order chi connectivity index (χ0) is 25.3. The van der Waals surface area contributed by atoms with E-state index in [-0.39, 0.29) is 12.4 Å². The summed E-state index contributed by atoms with van der Waals surface area (Å²) in [5, 5.41) is 9.81. The quantitative estimate of drug-likeness (QED) is 0.394. The predicted molar refractivity (Wildman–Crippen MR) is 133 cm³/mol. The van der Waals surface area contributed by atoms with Crippen LogP contribution in [0.3, 0.4) is 0 Å². The van der Waals surface area contributed by atoms with Crippen LogP contribution in [0, 0.1) is 11.8 Å². The molecule has 0 fully saturated rings. The summed E-state index contributed by atoms with van der Waals surface area (Å²) in [6.45, 7) is 7.53. The topological polar surface area (TPSA) is 107 Å². The van der Waals surface area contributed by atoms with Gasteiger partial charge in [-0.05, 0) is 75.3 Å². The molecule has 3 N–H and O–H groups in total. The second kappa shape index (κ2) is 12.4. The lowest BCUT2D eigenvalue weighted by molar-refractivity contribution is -0.161. The Hall–Kier alpha value is -3.15. The molecule has 0 aromatic heterocycles. The summed E-state index contributed by atoms with van der Waals surface area (Å²) < 4.78 is 5.56. The fourth-order valence-corrected chi connectivity index (χ4v) is 3.88. The third kappa shape index (κ3) is 8.65. The molecule has 0 saturated heterocycles. The molecule has 2 rings (SSSR count). The molecular formula is C28H37NO5. The van der Waals surface area contributed by atoms with Crippen molar-refractivity contribution in [2.45, 2.75) is 71.8 Å². The molecule has 0 heterocycles. The zero-order valence-electron chi connectivity index (χ0n) is 20.7. The summed E-state index contributed by atoms with van der Waals surface area (Å²) in [6.07, 6.45) is 3.78. The van der Waals surface area contributed by atoms with Crippen LogP contribution in [0.5, 0.6) is 0 Å². The van der Waals surface area contributed by atoms with E-state index in [9.17, 15) is 19.5 Å². The number of primary amides is 1. The number of hydrogen-bond acceptors (Lipinski definition) is 4. The van der Waals surface area contributed by atoms with E-state index in [2.05, 4.69) is 6.92 Å². The van der Waals surface area contributed by atoms with Gasteiger partial charge in [-0.3, -0.25) is 14.4 Å². The number of carboxylic acids is 1. The minimum Gasteiger partial charge on any atom is -0.481 e. The molecule has 0 unspecified atom stereocenters. The minimum absolute atomic E-state index is 0.286. The Morgan fingerprint density at radius 1 is 0.912 bits per heavy atom. The summed E-state index contributed by atoms with van der Waals surface area (Å²) in [6, 6.07) is 15.0. The Morgan fingerprint density at radius 2 is 1.47 bits per heavy atom. The smallest absolute Gasteiger partial charge is 0.309 e. The number of ether oxygens (including phenoxy) is 1. The number of unbranched alkanes of at least 4 members (excludes halogenated alkanes) is 1. The van der Waals surface area contributed by atoms with Crippen molar-refractivity contribution in [2.75, 3.05) is 0 Å². The van der Waals surface area contributed by atoms with Gasteiger partial charge in [0.2, 0.25) is 5.91 Å². The number of rotatable bonds is 12. The van der Waals surface area contributed by atoms with E-state index < -0.39 is 29.3 Å². The highest BCUT2D eigenvalue weighted by molar-refractivity contribution is 5.93. The molecule has 0 aliphatic carbocycles. The second-order valence-electron chi connectivity index (χ2n) is 9.82. The van der Waals surface area contributed by atoms with Crippen molar-refractivity contribution < 1.29 is 24.2 Å². The van der Waals surface area contributed by atoms with Gasteiger partial charge in [0.15, 0.2) is 0 Å². The number of nitrogens with two attached hydrogens (primary N) is 1. The number of carbonyl (C=O) groups excluding carboxylic acids is 2. The van der Waals surface area contributed by atoms with Crippen molar-refractivity contribution in [3.63, 3.8) is 0 Å². The van der Waals surface area contributed by atoms with E-state index >= 15 is 0 Å². The molecule has 0 aliphatic rings. The van der Waals surface area contributed by atoms with Crippen LogP contribution in [-0.2, 0) is 20.7 Å². The lowest BCUT2D eigenvalue weighted by Gasteiger charge is -2.25. The van der Waals surface area contributed by atoms with Gasteiger partial charge in [-0.2, -0.15) is 0 Å². The molecule has 0 bridgehead atoms. The normalized spacial score (nSPS) is 13.2. The molecule has 34 heavy (non-hydrogen) atoms. The first kappa shape index (κ1) is 27.1. The molecule has 0 spiro atoms. The number of benzene rings is 2. The van der Waals surface area contributed by atoms with Crippen molar-refractivity contribution in [3.05, 3.63) is 59.7 Å². The molecule has 2 aromatic carbocycles. The van der Waals surface area contributed by atoms with E-state index in [4.69, 9.17) is 10.5 Å². The Morgan fingerprint density at radius 3 is 1.94 bits per heavy atom. The van der Waals surface area contributed by atoms with Gasteiger partial charge in [0.25, 0.3) is 0 Å². The van der Waals surface area contributed by atoms with Crippen LogP contribution >= 0.6 is 0 Å². The number of aryl methyl sites for hydroxylation is 1. The largest absolute Gasteiger partial charge is 0.481 e. The first-order valence-electron chi connectivity index (χ1n) is 11.9. The predicted octanol–water partition coefficient (Wildman–Crippen LogP) is 5.62. The summed E-state index contributed by atoms with van der Waals surface area (Å²) in [5.74, 6) is -2.67. The Labute approximate surface area is 202 Å². The standard InChI is InChI=1S/C28H37NO5/c1-5-6-7-24(27(33)34-28(2,3)4)18-23(26(31)32)13-10-19-8-11-20(12-9-19)21-14-16-22(17-15-21)25(29)30/h8-9,11-12,14-17,23-24H,5-7,10,13,18H2,1-4H3,(H2,29,30)(H,31,32)/t23-,24+/m1/s1. The Balaban J connectivity index is 2.04. The first-order valence-corrected chi connectivity index (χ1v) is 11.9. The van der Waals surface area contributed by atoms with Crippen LogP contribution in [0.4, 0.5) is 0 Å². The molecule has 0 saturated carbocycles. The van der Waals surface area contributed by atoms with Crippen LogP contribution in [-0.4, -0.2) is 28.6 Å². The van der Waals surface area contributed by atoms with Gasteiger partial charge in [-0.25, -0.2) is 0 Å². The number of esters is 1. The molecule has 1 amide bonds. The minimum atomic E-state index is -0.879. The van der Waals surface area contributed by atoms with Crippen LogP contribution in [0.15, 0.2) is 48.5 Å². The van der Waals surface area contributed by atoms with Crippen LogP contribution in [0.1, 0.15) is 75.7 Å². The summed E-state index contributed by atoms with van der Waals surface area (Å²) >= 11 is 0. The summed E-state index contributed by atoms with van der Waals surface area (Å²) in [4.78, 5) is 35.9. The maximum absolute atomic E-state index is 12.7. The molecule has 6 heteroatoms. The molecule has 0 radical (unpaired) electrons. The number of aliphatic carboxylic acids is 1. The number of hydrogen-bond donors (Lipinski definition) is 2. The molecular weight excluding hydrogens is 430 g/mol. The van der Waals surface area contributed by atoms with Gasteiger partial charge in [0.1, 0.15) is 5.60 Å². The van der Waals surface area contributed by atoms with Crippen molar-refractivity contribution in [2.24, 2.45) is 17.6 Å². The first-order chi connectivity index (χ1) is 16.0. The molecule has 184 valence electrons. The maximum atomic E-state index is 12.7. The highest BCUT2D eigenvalue weighted by Crippen LogP contribution is 2.27. The van der Waals surface area contributed by atoms with Crippen LogP contribution in [0.2, 0.25) is 0 Å². The third-order valence-corrected chi connectivity index (χ3v) is 5.80. The van der Waals surface area contributed by atoms with E-state index in [1.807, 2.05) is 57.2 Å². The summed E-state index contributed by atoms with van der Waals surface area (Å²) in [5.41, 5.74) is 8.16. The van der Waals surface area contributed by atoms with Gasteiger partial charge >= 0.3 is 11.9 Å². The zero-order valence-corrected chi connectivity index (χ0v) is 20.7. The van der Waals surface area contributed by atoms with E-state index in [0.29, 0.717) is 24.8 Å². The number of carboxylic acid groups (broad SMARTS) is 1. The highest BCUT2D eigenvalue weighted by Gasteiger charge is 2.30. The van der Waals surface area contributed by atoms with E-state index in [0.717, 1.165) is 29.5 Å². The van der Waals surface area contributed by atoms with Gasteiger partial charge in [0.05, 0.1) is 11.8 Å². The average molecular weight is 468 g/mol. The fraction of sp³-hybridized carbons (Fsp3) is 0.464. The van der Waals surface area contributed by atoms with Crippen molar-refractivity contribution in [3.8, 4) is 11.1 Å². The van der Waals surface area contributed by atoms with Crippen molar-refractivity contribution >= 4 is 17.8 Å². The second-order valence-corrected chi connectivity index (χ2v) is 9.82. The molecule has 0 aliphatic heterocycles. The highest BCUT2D eigenvalue weighted by atomic mass is 16.6. The molecule has 6 nitrogen and oxygen atoms in total. The summed E-state index contributed by atoms with van der Waals surface area (Å²) in [7, 11) is 0. The lowest BCUT2D eigenvalue weighted by Crippen LogP contribution is -2.31. The number of carbonyl (C=O) groups is 3. The maximum Gasteiger partial charge on any atom is 0.309 e. The van der Waals surface area contributed by atoms with Crippen molar-refractivity contribution in [1.29, 1.82) is 0 Å². The average Bonchev–Trinajstić information content (AvgIpc) is 2.77. The SMILES string of the molecule is CCCC[C@@H](C[C@@H](CCc1ccc(-c2ccc(C(N)=O)cc2)cc1)C(=O)O)C(=O)OC(C)(C)C. The third-order valence-electron chi connectivity index (χ3n) is 5.80. The van der Waals surface area contributed by atoms with Crippen molar-refractivity contribution in [1.82, 2.24) is 0 Å². The van der Waals surface area contributed by atoms with Gasteiger partial charge < -0.3 is 15.6 Å². The Kier molecular flexibility index (Phi) is 9.84. The lowest BCUT2D eigenvalue weighted by atomic mass is 9.86. The van der Waals surface area contributed by atoms with Gasteiger partial charge in [-0.1, -0.05) is 56.2 Å². The van der Waals surface area contributed by atoms with E-state index in [1.165, 1.54) is 0 Å². The van der Waals surface area contributed by atoms with E-state index in [1.54, 1.807) is 12.1 Å². The van der Waals surface area contributed by atoms with Crippen LogP contribution < -0.4 is 5.73 Å². The molecule has 2 atom stereocenters. The Bertz CT molecular complexity index is 958. The number of amides is 1. The molecule has 2 aromatic rings. The monoisotopic (exact) mass is 467 g/mol. The van der Waals surface area contributed by atoms with Crippen LogP contribution in [0.25, 0.3) is 11.1 Å². The van der Waals surface area contributed by atoms with Gasteiger partial charge in [0, 0.05) is 5.56 Å². The van der Waals surface area contributed by atoms with Gasteiger partial charge in [-0.15, -0.1) is 0 Å².